The van der Waals surface area contributed by atoms with Crippen LogP contribution in [-0.4, -0.2) is 50.5 Å². The number of hydrogen-bond donors (Lipinski definition) is 0. The standard InChI is InChI=1S/C21H25N7O/c1-3-27(18-6-4-5-16(2)13-18)21(29)17-9-11-26(12-10-17)19-7-8-20(25-24-19)28-15-22-14-23-28/h4-8,13-15,17H,3,9-12H2,1-2H3. The van der Waals surface area contributed by atoms with Gasteiger partial charge >= 0.3 is 0 Å². The number of carbonyl (C=O) groups excluding carboxylic acids is 1. The first kappa shape index (κ1) is 19.0. The van der Waals surface area contributed by atoms with Gasteiger partial charge in [-0.1, -0.05) is 12.1 Å². The average Bonchev–Trinajstić information content (AvgIpc) is 3.29. The Balaban J connectivity index is 1.39. The van der Waals surface area contributed by atoms with Gasteiger partial charge in [0.05, 0.1) is 0 Å². The number of nitrogens with zero attached hydrogens (tertiary/aromatic N) is 7. The molecule has 8 heteroatoms. The summed E-state index contributed by atoms with van der Waals surface area (Å²) in [6.07, 6.45) is 4.68. The van der Waals surface area contributed by atoms with E-state index in [1.165, 1.54) is 6.33 Å². The highest BCUT2D eigenvalue weighted by Crippen LogP contribution is 2.26. The van der Waals surface area contributed by atoms with Gasteiger partial charge in [-0.2, -0.15) is 5.10 Å². The van der Waals surface area contributed by atoms with Crippen LogP contribution in [0.15, 0.2) is 49.1 Å². The van der Waals surface area contributed by atoms with Crippen molar-refractivity contribution in [2.75, 3.05) is 29.4 Å². The van der Waals surface area contributed by atoms with E-state index >= 15 is 0 Å². The van der Waals surface area contributed by atoms with E-state index in [9.17, 15) is 4.79 Å². The van der Waals surface area contributed by atoms with Gasteiger partial charge in [-0.15, -0.1) is 10.2 Å². The second kappa shape index (κ2) is 8.38. The van der Waals surface area contributed by atoms with Gasteiger partial charge in [0.15, 0.2) is 11.6 Å². The highest BCUT2D eigenvalue weighted by Gasteiger charge is 2.29. The van der Waals surface area contributed by atoms with Gasteiger partial charge in [-0.25, -0.2) is 9.67 Å². The molecule has 29 heavy (non-hydrogen) atoms. The number of anilines is 2. The Kier molecular flexibility index (Phi) is 5.50. The highest BCUT2D eigenvalue weighted by atomic mass is 16.2. The molecule has 0 spiro atoms. The predicted molar refractivity (Wildman–Crippen MR) is 111 cm³/mol. The molecule has 1 aliphatic heterocycles. The number of carbonyl (C=O) groups is 1. The molecule has 4 rings (SSSR count). The Morgan fingerprint density at radius 3 is 2.52 bits per heavy atom. The van der Waals surface area contributed by atoms with Crippen molar-refractivity contribution in [3.63, 3.8) is 0 Å². The molecule has 1 amide bonds. The number of benzene rings is 1. The molecule has 0 saturated carbocycles. The molecule has 0 atom stereocenters. The first-order valence-electron chi connectivity index (χ1n) is 9.97. The molecule has 1 aromatic carbocycles. The number of piperidine rings is 1. The van der Waals surface area contributed by atoms with Crippen molar-refractivity contribution < 1.29 is 4.79 Å². The second-order valence-electron chi connectivity index (χ2n) is 7.27. The number of rotatable bonds is 5. The largest absolute Gasteiger partial charge is 0.355 e. The van der Waals surface area contributed by atoms with Crippen LogP contribution in [0.2, 0.25) is 0 Å². The zero-order valence-electron chi connectivity index (χ0n) is 16.8. The maximum atomic E-state index is 13.1. The molecular weight excluding hydrogens is 366 g/mol. The third-order valence-electron chi connectivity index (χ3n) is 5.35. The lowest BCUT2D eigenvalue weighted by molar-refractivity contribution is -0.122. The summed E-state index contributed by atoms with van der Waals surface area (Å²) in [7, 11) is 0. The SMILES string of the molecule is CCN(C(=O)C1CCN(c2ccc(-n3cncn3)nn2)CC1)c1cccc(C)c1. The fourth-order valence-electron chi connectivity index (χ4n) is 3.77. The average molecular weight is 391 g/mol. The molecular formula is C21H25N7O. The third-order valence-corrected chi connectivity index (χ3v) is 5.35. The van der Waals surface area contributed by atoms with E-state index in [1.54, 1.807) is 11.0 Å². The number of aromatic nitrogens is 5. The maximum absolute atomic E-state index is 13.1. The fourth-order valence-corrected chi connectivity index (χ4v) is 3.77. The highest BCUT2D eigenvalue weighted by molar-refractivity contribution is 5.95. The van der Waals surface area contributed by atoms with E-state index in [0.29, 0.717) is 12.4 Å². The molecule has 0 bridgehead atoms. The molecule has 2 aromatic heterocycles. The fraction of sp³-hybridized carbons (Fsp3) is 0.381. The summed E-state index contributed by atoms with van der Waals surface area (Å²) in [5.74, 6) is 1.71. The molecule has 3 aromatic rings. The van der Waals surface area contributed by atoms with Gasteiger partial charge in [0.25, 0.3) is 0 Å². The Hall–Kier alpha value is -3.29. The van der Waals surface area contributed by atoms with Crippen molar-refractivity contribution in [3.05, 3.63) is 54.6 Å². The van der Waals surface area contributed by atoms with Crippen LogP contribution in [0.4, 0.5) is 11.5 Å². The van der Waals surface area contributed by atoms with E-state index in [4.69, 9.17) is 0 Å². The lowest BCUT2D eigenvalue weighted by Gasteiger charge is -2.34. The molecule has 8 nitrogen and oxygen atoms in total. The third kappa shape index (κ3) is 4.11. The molecule has 1 saturated heterocycles. The minimum absolute atomic E-state index is 0.0362. The maximum Gasteiger partial charge on any atom is 0.230 e. The van der Waals surface area contributed by atoms with Gasteiger partial charge in [0.1, 0.15) is 12.7 Å². The van der Waals surface area contributed by atoms with E-state index in [-0.39, 0.29) is 11.8 Å². The van der Waals surface area contributed by atoms with E-state index in [2.05, 4.69) is 44.2 Å². The van der Waals surface area contributed by atoms with Gasteiger partial charge < -0.3 is 9.80 Å². The topological polar surface area (TPSA) is 80.0 Å². The molecule has 0 N–H and O–H groups in total. The summed E-state index contributed by atoms with van der Waals surface area (Å²) in [4.78, 5) is 21.1. The Morgan fingerprint density at radius 1 is 1.14 bits per heavy atom. The Bertz CT molecular complexity index is 947. The summed E-state index contributed by atoms with van der Waals surface area (Å²) < 4.78 is 1.58. The molecule has 1 aliphatic rings. The van der Waals surface area contributed by atoms with Crippen molar-refractivity contribution >= 4 is 17.4 Å². The first-order valence-corrected chi connectivity index (χ1v) is 9.97. The van der Waals surface area contributed by atoms with Gasteiger partial charge in [0.2, 0.25) is 5.91 Å². The summed E-state index contributed by atoms with van der Waals surface area (Å²) in [6, 6.07) is 12.0. The van der Waals surface area contributed by atoms with Crippen LogP contribution in [0.1, 0.15) is 25.3 Å². The van der Waals surface area contributed by atoms with Crippen LogP contribution in [0.25, 0.3) is 5.82 Å². The zero-order chi connectivity index (χ0) is 20.2. The number of hydrogen-bond acceptors (Lipinski definition) is 6. The van der Waals surface area contributed by atoms with Gasteiger partial charge in [-0.05, 0) is 56.5 Å². The quantitative estimate of drug-likeness (QED) is 0.665. The minimum atomic E-state index is 0.0362. The van der Waals surface area contributed by atoms with Crippen molar-refractivity contribution in [1.82, 2.24) is 25.0 Å². The summed E-state index contributed by atoms with van der Waals surface area (Å²) in [6.45, 7) is 6.34. The van der Waals surface area contributed by atoms with Crippen LogP contribution in [0.5, 0.6) is 0 Å². The Morgan fingerprint density at radius 2 is 1.90 bits per heavy atom. The minimum Gasteiger partial charge on any atom is -0.355 e. The van der Waals surface area contributed by atoms with Crippen molar-refractivity contribution in [2.24, 2.45) is 5.92 Å². The Labute approximate surface area is 170 Å². The second-order valence-corrected chi connectivity index (χ2v) is 7.27. The molecule has 150 valence electrons. The lowest BCUT2D eigenvalue weighted by Crippen LogP contribution is -2.43. The van der Waals surface area contributed by atoms with Crippen LogP contribution in [-0.2, 0) is 4.79 Å². The van der Waals surface area contributed by atoms with Crippen molar-refractivity contribution in [3.8, 4) is 5.82 Å². The number of amides is 1. The van der Waals surface area contributed by atoms with Crippen LogP contribution in [0.3, 0.4) is 0 Å². The summed E-state index contributed by atoms with van der Waals surface area (Å²) in [5.41, 5.74) is 2.14. The van der Waals surface area contributed by atoms with Crippen LogP contribution in [0, 0.1) is 12.8 Å². The normalized spacial score (nSPS) is 14.8. The molecule has 1 fully saturated rings. The summed E-state index contributed by atoms with van der Waals surface area (Å²) in [5, 5.41) is 12.6. The van der Waals surface area contributed by atoms with Crippen LogP contribution < -0.4 is 9.80 Å². The predicted octanol–water partition coefficient (Wildman–Crippen LogP) is 2.64. The van der Waals surface area contributed by atoms with Crippen LogP contribution >= 0.6 is 0 Å². The monoisotopic (exact) mass is 391 g/mol. The molecule has 0 radical (unpaired) electrons. The summed E-state index contributed by atoms with van der Waals surface area (Å²) >= 11 is 0. The zero-order valence-corrected chi connectivity index (χ0v) is 16.8. The lowest BCUT2D eigenvalue weighted by atomic mass is 9.95. The van der Waals surface area contributed by atoms with E-state index in [0.717, 1.165) is 43.0 Å². The van der Waals surface area contributed by atoms with Gasteiger partial charge in [-0.3, -0.25) is 4.79 Å². The molecule has 0 aliphatic carbocycles. The van der Waals surface area contributed by atoms with Gasteiger partial charge in [0, 0.05) is 31.2 Å². The number of aryl methyl sites for hydroxylation is 1. The molecule has 0 unspecified atom stereocenters. The van der Waals surface area contributed by atoms with E-state index < -0.39 is 0 Å². The van der Waals surface area contributed by atoms with Crippen molar-refractivity contribution in [2.45, 2.75) is 26.7 Å². The smallest absolute Gasteiger partial charge is 0.230 e. The van der Waals surface area contributed by atoms with Crippen molar-refractivity contribution in [1.29, 1.82) is 0 Å². The first-order chi connectivity index (χ1) is 14.2. The molecule has 3 heterocycles. The van der Waals surface area contributed by atoms with E-state index in [1.807, 2.05) is 36.1 Å².